The quantitative estimate of drug-likeness (QED) is 0.804. The second-order valence-corrected chi connectivity index (χ2v) is 2.77. The van der Waals surface area contributed by atoms with Gasteiger partial charge >= 0.3 is 5.97 Å². The zero-order chi connectivity index (χ0) is 9.68. The molecule has 4 nitrogen and oxygen atoms in total. The van der Waals surface area contributed by atoms with Crippen LogP contribution in [-0.4, -0.2) is 22.7 Å². The lowest BCUT2D eigenvalue weighted by Crippen LogP contribution is -2.04. The molecule has 13 heavy (non-hydrogen) atoms. The van der Waals surface area contributed by atoms with Gasteiger partial charge in [0.1, 0.15) is 5.75 Å². The highest BCUT2D eigenvalue weighted by molar-refractivity contribution is 6.30. The summed E-state index contributed by atoms with van der Waals surface area (Å²) in [4.78, 5) is 13.9. The molecule has 0 saturated carbocycles. The molecule has 0 aliphatic heterocycles. The van der Waals surface area contributed by atoms with Crippen LogP contribution in [0.25, 0.3) is 0 Å². The standard InChI is InChI=1S/C8H8ClNO3/c9-6-3-7(5-10-4-6)13-2-1-8(11)12/h3-5H,1-2H2,(H,11,12). The van der Waals surface area contributed by atoms with E-state index in [0.29, 0.717) is 10.8 Å². The maximum Gasteiger partial charge on any atom is 0.306 e. The Kier molecular flexibility index (Phi) is 3.52. The van der Waals surface area contributed by atoms with Gasteiger partial charge in [0.15, 0.2) is 0 Å². The minimum atomic E-state index is -0.894. The summed E-state index contributed by atoms with van der Waals surface area (Å²) < 4.78 is 5.07. The van der Waals surface area contributed by atoms with Gasteiger partial charge in [-0.2, -0.15) is 0 Å². The second-order valence-electron chi connectivity index (χ2n) is 2.33. The van der Waals surface area contributed by atoms with Gasteiger partial charge in [0.25, 0.3) is 0 Å². The van der Waals surface area contributed by atoms with Crippen molar-refractivity contribution >= 4 is 17.6 Å². The van der Waals surface area contributed by atoms with Crippen molar-refractivity contribution in [2.45, 2.75) is 6.42 Å². The molecular weight excluding hydrogens is 194 g/mol. The summed E-state index contributed by atoms with van der Waals surface area (Å²) in [7, 11) is 0. The number of halogens is 1. The number of nitrogens with zero attached hydrogens (tertiary/aromatic N) is 1. The van der Waals surface area contributed by atoms with Gasteiger partial charge in [-0.05, 0) is 0 Å². The fourth-order valence-electron chi connectivity index (χ4n) is 0.727. The van der Waals surface area contributed by atoms with Gasteiger partial charge in [0, 0.05) is 12.3 Å². The molecule has 5 heteroatoms. The van der Waals surface area contributed by atoms with E-state index in [4.69, 9.17) is 21.4 Å². The van der Waals surface area contributed by atoms with E-state index in [9.17, 15) is 4.79 Å². The summed E-state index contributed by atoms with van der Waals surface area (Å²) in [5.41, 5.74) is 0. The van der Waals surface area contributed by atoms with Crippen LogP contribution in [0, 0.1) is 0 Å². The van der Waals surface area contributed by atoms with Gasteiger partial charge in [-0.15, -0.1) is 0 Å². The number of carbonyl (C=O) groups is 1. The molecule has 1 N–H and O–H groups in total. The third-order valence-electron chi connectivity index (χ3n) is 1.26. The highest BCUT2D eigenvalue weighted by Gasteiger charge is 1.98. The summed E-state index contributed by atoms with van der Waals surface area (Å²) in [6.07, 6.45) is 2.92. The maximum atomic E-state index is 10.1. The van der Waals surface area contributed by atoms with Gasteiger partial charge in [-0.1, -0.05) is 11.6 Å². The van der Waals surface area contributed by atoms with Crippen LogP contribution in [0.4, 0.5) is 0 Å². The first-order valence-corrected chi connectivity index (χ1v) is 4.01. The minimum Gasteiger partial charge on any atom is -0.491 e. The van der Waals surface area contributed by atoms with Crippen molar-refractivity contribution in [3.05, 3.63) is 23.5 Å². The first-order valence-electron chi connectivity index (χ1n) is 3.63. The van der Waals surface area contributed by atoms with E-state index in [1.165, 1.54) is 12.4 Å². The van der Waals surface area contributed by atoms with E-state index < -0.39 is 5.97 Å². The highest BCUT2D eigenvalue weighted by atomic mass is 35.5. The molecule has 0 amide bonds. The van der Waals surface area contributed by atoms with Crippen LogP contribution in [0.2, 0.25) is 5.02 Å². The number of aromatic nitrogens is 1. The normalized spacial score (nSPS) is 9.62. The third-order valence-corrected chi connectivity index (χ3v) is 1.47. The number of carboxylic acid groups (broad SMARTS) is 1. The predicted molar refractivity (Wildman–Crippen MR) is 47.0 cm³/mol. The molecule has 1 rings (SSSR count). The van der Waals surface area contributed by atoms with Gasteiger partial charge in [-0.25, -0.2) is 0 Å². The molecule has 0 fully saturated rings. The van der Waals surface area contributed by atoms with Gasteiger partial charge in [0.05, 0.1) is 24.2 Å². The van der Waals surface area contributed by atoms with E-state index in [-0.39, 0.29) is 13.0 Å². The molecule has 1 aromatic rings. The Morgan fingerprint density at radius 3 is 3.00 bits per heavy atom. The Labute approximate surface area is 80.1 Å². The largest absolute Gasteiger partial charge is 0.491 e. The van der Waals surface area contributed by atoms with E-state index in [2.05, 4.69) is 4.98 Å². The summed E-state index contributed by atoms with van der Waals surface area (Å²) in [5.74, 6) is -0.413. The summed E-state index contributed by atoms with van der Waals surface area (Å²) in [6.45, 7) is 0.122. The number of rotatable bonds is 4. The topological polar surface area (TPSA) is 59.4 Å². The van der Waals surface area contributed by atoms with E-state index in [1.807, 2.05) is 0 Å². The number of carboxylic acids is 1. The highest BCUT2D eigenvalue weighted by Crippen LogP contribution is 2.14. The summed E-state index contributed by atoms with van der Waals surface area (Å²) in [5, 5.41) is 8.79. The zero-order valence-corrected chi connectivity index (χ0v) is 7.49. The minimum absolute atomic E-state index is 0.0352. The van der Waals surface area contributed by atoms with E-state index in [1.54, 1.807) is 6.07 Å². The Morgan fingerprint density at radius 2 is 2.38 bits per heavy atom. The number of pyridine rings is 1. The molecule has 0 aliphatic carbocycles. The lowest BCUT2D eigenvalue weighted by atomic mass is 10.4. The van der Waals surface area contributed by atoms with Crippen LogP contribution in [0.5, 0.6) is 5.75 Å². The lowest BCUT2D eigenvalue weighted by molar-refractivity contribution is -0.137. The summed E-state index contributed by atoms with van der Waals surface area (Å²) >= 11 is 5.63. The number of hydrogen-bond acceptors (Lipinski definition) is 3. The van der Waals surface area contributed by atoms with Gasteiger partial charge in [-0.3, -0.25) is 9.78 Å². The number of hydrogen-bond donors (Lipinski definition) is 1. The van der Waals surface area contributed by atoms with Crippen molar-refractivity contribution in [2.24, 2.45) is 0 Å². The smallest absolute Gasteiger partial charge is 0.306 e. The van der Waals surface area contributed by atoms with Gasteiger partial charge in [0.2, 0.25) is 0 Å². The molecule has 1 heterocycles. The Bertz CT molecular complexity index is 303. The van der Waals surface area contributed by atoms with Crippen molar-refractivity contribution in [3.63, 3.8) is 0 Å². The van der Waals surface area contributed by atoms with Crippen molar-refractivity contribution in [1.29, 1.82) is 0 Å². The van der Waals surface area contributed by atoms with Crippen molar-refractivity contribution in [3.8, 4) is 5.75 Å². The molecule has 0 aromatic carbocycles. The SMILES string of the molecule is O=C(O)CCOc1cncc(Cl)c1. The number of aliphatic carboxylic acids is 1. The molecule has 0 spiro atoms. The predicted octanol–water partition coefficient (Wildman–Crippen LogP) is 1.59. The molecule has 0 saturated heterocycles. The molecule has 70 valence electrons. The zero-order valence-electron chi connectivity index (χ0n) is 6.74. The molecule has 0 bridgehead atoms. The van der Waals surface area contributed by atoms with Crippen molar-refractivity contribution < 1.29 is 14.6 Å². The van der Waals surface area contributed by atoms with E-state index in [0.717, 1.165) is 0 Å². The third kappa shape index (κ3) is 3.75. The van der Waals surface area contributed by atoms with Crippen LogP contribution < -0.4 is 4.74 Å². The van der Waals surface area contributed by atoms with Crippen LogP contribution in [0.1, 0.15) is 6.42 Å². The molecule has 0 aliphatic rings. The fourth-order valence-corrected chi connectivity index (χ4v) is 0.891. The maximum absolute atomic E-state index is 10.1. The van der Waals surface area contributed by atoms with Gasteiger partial charge < -0.3 is 9.84 Å². The van der Waals surface area contributed by atoms with Crippen molar-refractivity contribution in [2.75, 3.05) is 6.61 Å². The van der Waals surface area contributed by atoms with Crippen LogP contribution in [0.15, 0.2) is 18.5 Å². The Balaban J connectivity index is 2.41. The Morgan fingerprint density at radius 1 is 1.62 bits per heavy atom. The van der Waals surface area contributed by atoms with Crippen LogP contribution >= 0.6 is 11.6 Å². The Hall–Kier alpha value is -1.29. The van der Waals surface area contributed by atoms with E-state index >= 15 is 0 Å². The van der Waals surface area contributed by atoms with Crippen LogP contribution in [0.3, 0.4) is 0 Å². The first-order chi connectivity index (χ1) is 6.18. The van der Waals surface area contributed by atoms with Crippen molar-refractivity contribution in [1.82, 2.24) is 4.98 Å². The molecule has 0 radical (unpaired) electrons. The molecule has 1 aromatic heterocycles. The molecule has 0 atom stereocenters. The molecule has 0 unspecified atom stereocenters. The average Bonchev–Trinajstić information content (AvgIpc) is 2.03. The molecular formula is C8H8ClNO3. The van der Waals surface area contributed by atoms with Crippen LogP contribution in [-0.2, 0) is 4.79 Å². The monoisotopic (exact) mass is 201 g/mol. The summed E-state index contributed by atoms with van der Waals surface area (Å²) in [6, 6.07) is 1.58. The average molecular weight is 202 g/mol. The fraction of sp³-hybridized carbons (Fsp3) is 0.250. The first kappa shape index (κ1) is 9.80. The number of ether oxygens (including phenoxy) is 1. The lowest BCUT2D eigenvalue weighted by Gasteiger charge is -2.02. The second kappa shape index (κ2) is 4.67.